The van der Waals surface area contributed by atoms with E-state index in [4.69, 9.17) is 0 Å². The molecular formula is C21H32FN3O2S. The molecule has 1 heterocycles. The van der Waals surface area contributed by atoms with Gasteiger partial charge in [-0.2, -0.15) is 0 Å². The van der Waals surface area contributed by atoms with Gasteiger partial charge >= 0.3 is 0 Å². The Hall–Kier alpha value is -1.63. The summed E-state index contributed by atoms with van der Waals surface area (Å²) >= 11 is 0. The maximum atomic E-state index is 14.6. The summed E-state index contributed by atoms with van der Waals surface area (Å²) in [6.45, 7) is 2.47. The third-order valence-electron chi connectivity index (χ3n) is 6.04. The van der Waals surface area contributed by atoms with Crippen molar-refractivity contribution >= 4 is 28.8 Å². The van der Waals surface area contributed by atoms with Gasteiger partial charge in [0.15, 0.2) is 0 Å². The van der Waals surface area contributed by atoms with E-state index in [0.717, 1.165) is 58.1 Å². The summed E-state index contributed by atoms with van der Waals surface area (Å²) in [5, 5.41) is 0. The molecular weight excluding hydrogens is 377 g/mol. The molecule has 156 valence electrons. The van der Waals surface area contributed by atoms with Crippen LogP contribution in [0.5, 0.6) is 0 Å². The number of halogens is 1. The molecule has 1 aliphatic carbocycles. The maximum absolute atomic E-state index is 14.6. The number of carbonyl (C=O) groups excluding carboxylic acids is 1. The van der Waals surface area contributed by atoms with Gasteiger partial charge in [-0.05, 0) is 50.2 Å². The average molecular weight is 410 g/mol. The number of carbonyl (C=O) groups is 1. The number of nitrogens with one attached hydrogen (secondary N) is 1. The predicted molar refractivity (Wildman–Crippen MR) is 113 cm³/mol. The van der Waals surface area contributed by atoms with Crippen LogP contribution in [0.3, 0.4) is 0 Å². The Morgan fingerprint density at radius 3 is 2.71 bits per heavy atom. The fourth-order valence-electron chi connectivity index (χ4n) is 4.58. The molecule has 3 rings (SSSR count). The van der Waals surface area contributed by atoms with E-state index in [1.807, 2.05) is 4.90 Å². The second-order valence-corrected chi connectivity index (χ2v) is 9.21. The zero-order valence-corrected chi connectivity index (χ0v) is 17.6. The lowest BCUT2D eigenvalue weighted by Crippen LogP contribution is -2.40. The first-order chi connectivity index (χ1) is 13.6. The van der Waals surface area contributed by atoms with Gasteiger partial charge in [-0.1, -0.05) is 19.3 Å². The molecule has 2 fully saturated rings. The Morgan fingerprint density at radius 1 is 1.25 bits per heavy atom. The first-order valence-electron chi connectivity index (χ1n) is 10.4. The fourth-order valence-corrected chi connectivity index (χ4v) is 5.04. The molecule has 1 saturated heterocycles. The van der Waals surface area contributed by atoms with Gasteiger partial charge in [-0.15, -0.1) is 0 Å². The van der Waals surface area contributed by atoms with E-state index in [1.54, 1.807) is 12.1 Å². The summed E-state index contributed by atoms with van der Waals surface area (Å²) in [6.07, 6.45) is 11.7. The first-order valence-corrected chi connectivity index (χ1v) is 12.0. The molecule has 1 aliphatic heterocycles. The first kappa shape index (κ1) is 21.1. The molecule has 0 aromatic heterocycles. The van der Waals surface area contributed by atoms with Crippen LogP contribution in [0.1, 0.15) is 51.4 Å². The molecule has 0 bridgehead atoms. The lowest BCUT2D eigenvalue weighted by atomic mass is 9.92. The SMILES string of the molecule is CS(=O)Nc1ccc(N2CCCC(CCN(C=O)C3CCCCC3)C2)c(F)c1. The third-order valence-corrected chi connectivity index (χ3v) is 6.57. The predicted octanol–water partition coefficient (Wildman–Crippen LogP) is 3.93. The van der Waals surface area contributed by atoms with Crippen LogP contribution >= 0.6 is 0 Å². The van der Waals surface area contributed by atoms with Crippen molar-refractivity contribution in [3.05, 3.63) is 24.0 Å². The van der Waals surface area contributed by atoms with Gasteiger partial charge in [0.05, 0.1) is 5.69 Å². The quantitative estimate of drug-likeness (QED) is 0.662. The van der Waals surface area contributed by atoms with E-state index in [0.29, 0.717) is 23.3 Å². The molecule has 2 atom stereocenters. The average Bonchev–Trinajstić information content (AvgIpc) is 2.69. The Morgan fingerprint density at radius 2 is 2.04 bits per heavy atom. The summed E-state index contributed by atoms with van der Waals surface area (Å²) in [5.41, 5.74) is 1.14. The number of hydrogen-bond acceptors (Lipinski definition) is 3. The highest BCUT2D eigenvalue weighted by atomic mass is 32.2. The summed E-state index contributed by atoms with van der Waals surface area (Å²) in [7, 11) is -1.22. The van der Waals surface area contributed by atoms with Crippen molar-refractivity contribution in [2.24, 2.45) is 5.92 Å². The molecule has 1 aromatic carbocycles. The zero-order valence-electron chi connectivity index (χ0n) is 16.7. The smallest absolute Gasteiger partial charge is 0.209 e. The van der Waals surface area contributed by atoms with Crippen molar-refractivity contribution < 1.29 is 13.4 Å². The fraction of sp³-hybridized carbons (Fsp3) is 0.667. The highest BCUT2D eigenvalue weighted by Crippen LogP contribution is 2.29. The van der Waals surface area contributed by atoms with Gasteiger partial charge in [0, 0.05) is 43.7 Å². The second kappa shape index (κ2) is 10.2. The van der Waals surface area contributed by atoms with E-state index < -0.39 is 11.0 Å². The number of hydrogen-bond donors (Lipinski definition) is 1. The van der Waals surface area contributed by atoms with Crippen LogP contribution in [-0.4, -0.2) is 47.5 Å². The van der Waals surface area contributed by atoms with Gasteiger partial charge in [-0.3, -0.25) is 4.79 Å². The molecule has 0 radical (unpaired) electrons. The van der Waals surface area contributed by atoms with Crippen molar-refractivity contribution in [2.75, 3.05) is 35.5 Å². The van der Waals surface area contributed by atoms with Crippen LogP contribution in [0.25, 0.3) is 0 Å². The minimum atomic E-state index is -1.22. The van der Waals surface area contributed by atoms with E-state index in [9.17, 15) is 13.4 Å². The van der Waals surface area contributed by atoms with Crippen molar-refractivity contribution in [1.29, 1.82) is 0 Å². The Labute approximate surface area is 170 Å². The molecule has 1 amide bonds. The lowest BCUT2D eigenvalue weighted by molar-refractivity contribution is -0.121. The van der Waals surface area contributed by atoms with Crippen LogP contribution < -0.4 is 9.62 Å². The molecule has 0 spiro atoms. The molecule has 1 saturated carbocycles. The van der Waals surface area contributed by atoms with Crippen molar-refractivity contribution in [1.82, 2.24) is 4.90 Å². The van der Waals surface area contributed by atoms with Crippen LogP contribution in [0.15, 0.2) is 18.2 Å². The standard InChI is InChI=1S/C21H32FN3O2S/c1-28(27)23-18-9-10-21(20(22)14-18)24-12-5-6-17(15-24)11-13-25(16-26)19-7-3-2-4-8-19/h9-10,14,16-17,19,23H,2-8,11-13,15H2,1H3. The number of nitrogens with zero attached hydrogens (tertiary/aromatic N) is 2. The monoisotopic (exact) mass is 409 g/mol. The number of anilines is 2. The lowest BCUT2D eigenvalue weighted by Gasteiger charge is -2.37. The van der Waals surface area contributed by atoms with Crippen molar-refractivity contribution in [3.8, 4) is 0 Å². The highest BCUT2D eigenvalue weighted by Gasteiger charge is 2.25. The van der Waals surface area contributed by atoms with Gasteiger partial charge in [0.2, 0.25) is 6.41 Å². The van der Waals surface area contributed by atoms with E-state index in [1.165, 1.54) is 31.6 Å². The van der Waals surface area contributed by atoms with Gasteiger partial charge in [0.25, 0.3) is 0 Å². The Balaban J connectivity index is 1.56. The van der Waals surface area contributed by atoms with Gasteiger partial charge < -0.3 is 14.5 Å². The minimum absolute atomic E-state index is 0.284. The molecule has 28 heavy (non-hydrogen) atoms. The zero-order chi connectivity index (χ0) is 19.9. The number of rotatable bonds is 8. The third kappa shape index (κ3) is 5.69. The van der Waals surface area contributed by atoms with Crippen LogP contribution in [-0.2, 0) is 15.8 Å². The Bertz CT molecular complexity index is 682. The van der Waals surface area contributed by atoms with E-state index in [2.05, 4.69) is 9.62 Å². The number of benzene rings is 1. The van der Waals surface area contributed by atoms with Crippen molar-refractivity contribution in [2.45, 2.75) is 57.4 Å². The molecule has 2 unspecified atom stereocenters. The second-order valence-electron chi connectivity index (χ2n) is 8.10. The minimum Gasteiger partial charge on any atom is -0.369 e. The Kier molecular flexibility index (Phi) is 7.71. The van der Waals surface area contributed by atoms with Crippen LogP contribution in [0.4, 0.5) is 15.8 Å². The number of amides is 1. The van der Waals surface area contributed by atoms with Crippen molar-refractivity contribution in [3.63, 3.8) is 0 Å². The largest absolute Gasteiger partial charge is 0.369 e. The molecule has 7 heteroatoms. The summed E-state index contributed by atoms with van der Waals surface area (Å²) < 4.78 is 28.6. The van der Waals surface area contributed by atoms with E-state index in [-0.39, 0.29) is 5.82 Å². The molecule has 1 N–H and O–H groups in total. The van der Waals surface area contributed by atoms with Crippen LogP contribution in [0.2, 0.25) is 0 Å². The van der Waals surface area contributed by atoms with Crippen LogP contribution in [0, 0.1) is 11.7 Å². The maximum Gasteiger partial charge on any atom is 0.209 e. The topological polar surface area (TPSA) is 52.7 Å². The van der Waals surface area contributed by atoms with Gasteiger partial charge in [0.1, 0.15) is 16.8 Å². The summed E-state index contributed by atoms with van der Waals surface area (Å²) in [5.74, 6) is 0.188. The molecule has 5 nitrogen and oxygen atoms in total. The van der Waals surface area contributed by atoms with E-state index >= 15 is 0 Å². The highest BCUT2D eigenvalue weighted by molar-refractivity contribution is 7.85. The van der Waals surface area contributed by atoms with Gasteiger partial charge in [-0.25, -0.2) is 8.60 Å². The summed E-state index contributed by atoms with van der Waals surface area (Å²) in [6, 6.07) is 5.37. The number of piperidine rings is 1. The summed E-state index contributed by atoms with van der Waals surface area (Å²) in [4.78, 5) is 15.7. The molecule has 2 aliphatic rings. The normalized spacial score (nSPS) is 21.9. The molecule has 1 aromatic rings.